The average molecular weight is 205 g/mol. The molecule has 0 saturated heterocycles. The van der Waals surface area contributed by atoms with Crippen molar-refractivity contribution in [2.24, 2.45) is 0 Å². The van der Waals surface area contributed by atoms with E-state index < -0.39 is 15.8 Å². The molecule has 0 atom stereocenters. The van der Waals surface area contributed by atoms with Gasteiger partial charge < -0.3 is 4.74 Å². The van der Waals surface area contributed by atoms with E-state index >= 15 is 0 Å². The van der Waals surface area contributed by atoms with E-state index in [1.54, 1.807) is 0 Å². The van der Waals surface area contributed by atoms with Crippen LogP contribution in [0.1, 0.15) is 0 Å². The maximum Gasteiger partial charge on any atom is 0.352 e. The van der Waals surface area contributed by atoms with Gasteiger partial charge in [-0.3, -0.25) is 4.84 Å². The third-order valence-corrected chi connectivity index (χ3v) is 1.62. The first-order valence-electron chi connectivity index (χ1n) is 2.90. The van der Waals surface area contributed by atoms with E-state index in [-0.39, 0.29) is 13.2 Å². The van der Waals surface area contributed by atoms with Gasteiger partial charge in [-0.1, -0.05) is 4.89 Å². The predicted octanol–water partition coefficient (Wildman–Crippen LogP) is -0.294. The quantitative estimate of drug-likeness (QED) is 0.478. The standard InChI is InChI=1S/C4H9F2NO4S/c1-10-2-3-11-7-12(8,9)4(5)6/h4,7H,2-3H2,1H3. The minimum absolute atomic E-state index is 0.117. The summed E-state index contributed by atoms with van der Waals surface area (Å²) < 4.78 is 48.1. The smallest absolute Gasteiger partial charge is 0.352 e. The molecular weight excluding hydrogens is 196 g/mol. The van der Waals surface area contributed by atoms with Crippen molar-refractivity contribution < 1.29 is 26.8 Å². The van der Waals surface area contributed by atoms with E-state index in [1.165, 1.54) is 12.0 Å². The molecule has 0 aromatic heterocycles. The Kier molecular flexibility index (Phi) is 5.22. The minimum atomic E-state index is -4.64. The first kappa shape index (κ1) is 11.7. The Morgan fingerprint density at radius 2 is 2.00 bits per heavy atom. The van der Waals surface area contributed by atoms with Crippen LogP contribution in [0.15, 0.2) is 0 Å². The van der Waals surface area contributed by atoms with Gasteiger partial charge in [0.05, 0.1) is 13.2 Å². The van der Waals surface area contributed by atoms with Crippen molar-refractivity contribution in [3.63, 3.8) is 0 Å². The zero-order valence-corrected chi connectivity index (χ0v) is 7.11. The number of ether oxygens (including phenoxy) is 1. The molecule has 0 unspecified atom stereocenters. The Hall–Kier alpha value is -0.310. The molecule has 0 aromatic rings. The van der Waals surface area contributed by atoms with E-state index in [4.69, 9.17) is 0 Å². The Morgan fingerprint density at radius 1 is 1.42 bits per heavy atom. The lowest BCUT2D eigenvalue weighted by Gasteiger charge is -2.04. The number of methoxy groups -OCH3 is 1. The van der Waals surface area contributed by atoms with Gasteiger partial charge in [-0.15, -0.1) is 0 Å². The number of halogens is 2. The van der Waals surface area contributed by atoms with E-state index in [0.717, 1.165) is 0 Å². The van der Waals surface area contributed by atoms with Gasteiger partial charge in [0.1, 0.15) is 0 Å². The van der Waals surface area contributed by atoms with Gasteiger partial charge in [0.15, 0.2) is 0 Å². The second kappa shape index (κ2) is 5.36. The van der Waals surface area contributed by atoms with Crippen LogP contribution < -0.4 is 4.89 Å². The van der Waals surface area contributed by atoms with E-state index in [0.29, 0.717) is 0 Å². The summed E-state index contributed by atoms with van der Waals surface area (Å²) in [6.45, 7) is -0.00575. The third kappa shape index (κ3) is 4.54. The monoisotopic (exact) mass is 205 g/mol. The topological polar surface area (TPSA) is 64.6 Å². The average Bonchev–Trinajstić information content (AvgIpc) is 1.98. The summed E-state index contributed by atoms with van der Waals surface area (Å²) in [5.74, 6) is -3.49. The zero-order valence-electron chi connectivity index (χ0n) is 6.29. The maximum absolute atomic E-state index is 11.6. The molecule has 0 heterocycles. The molecule has 0 radical (unpaired) electrons. The Bertz CT molecular complexity index is 205. The van der Waals surface area contributed by atoms with Crippen LogP contribution in [0, 0.1) is 0 Å². The van der Waals surface area contributed by atoms with Gasteiger partial charge in [-0.05, 0) is 0 Å². The summed E-state index contributed by atoms with van der Waals surface area (Å²) in [7, 11) is -3.27. The van der Waals surface area contributed by atoms with Crippen LogP contribution >= 0.6 is 0 Å². The number of nitrogens with one attached hydrogen (secondary N) is 1. The summed E-state index contributed by atoms with van der Waals surface area (Å²) in [5.41, 5.74) is 0. The maximum atomic E-state index is 11.6. The molecule has 0 aliphatic rings. The Labute approximate surface area is 68.7 Å². The van der Waals surface area contributed by atoms with Crippen LogP contribution in [0.5, 0.6) is 0 Å². The van der Waals surface area contributed by atoms with Crippen molar-refractivity contribution in [2.75, 3.05) is 20.3 Å². The molecule has 0 rings (SSSR count). The third-order valence-electron chi connectivity index (χ3n) is 0.799. The van der Waals surface area contributed by atoms with Gasteiger partial charge in [0.2, 0.25) is 0 Å². The second-order valence-electron chi connectivity index (χ2n) is 1.73. The molecule has 5 nitrogen and oxygen atoms in total. The highest BCUT2D eigenvalue weighted by Gasteiger charge is 2.23. The van der Waals surface area contributed by atoms with Gasteiger partial charge in [0.25, 0.3) is 10.0 Å². The molecule has 0 bridgehead atoms. The van der Waals surface area contributed by atoms with E-state index in [9.17, 15) is 17.2 Å². The first-order chi connectivity index (χ1) is 5.50. The molecular formula is C4H9F2NO4S. The molecule has 8 heteroatoms. The van der Waals surface area contributed by atoms with Crippen LogP contribution in [-0.4, -0.2) is 34.5 Å². The highest BCUT2D eigenvalue weighted by atomic mass is 32.2. The molecule has 0 aliphatic heterocycles. The Morgan fingerprint density at radius 3 is 2.42 bits per heavy atom. The summed E-state index contributed by atoms with van der Waals surface area (Å²) in [4.78, 5) is 5.39. The lowest BCUT2D eigenvalue weighted by molar-refractivity contribution is 0.0403. The second-order valence-corrected chi connectivity index (χ2v) is 3.34. The fourth-order valence-electron chi connectivity index (χ4n) is 0.285. The SMILES string of the molecule is COCCONS(=O)(=O)C(F)F. The number of hydrogen-bond acceptors (Lipinski definition) is 4. The molecule has 1 N–H and O–H groups in total. The van der Waals surface area contributed by atoms with Crippen LogP contribution in [0.25, 0.3) is 0 Å². The van der Waals surface area contributed by atoms with Crippen molar-refractivity contribution in [1.29, 1.82) is 0 Å². The molecule has 0 aromatic carbocycles. The van der Waals surface area contributed by atoms with Crippen LogP contribution in [0.4, 0.5) is 8.78 Å². The largest absolute Gasteiger partial charge is 0.382 e. The van der Waals surface area contributed by atoms with Crippen LogP contribution in [0.2, 0.25) is 0 Å². The Balaban J connectivity index is 3.63. The zero-order chi connectivity index (χ0) is 9.61. The van der Waals surface area contributed by atoms with Gasteiger partial charge in [0, 0.05) is 7.11 Å². The summed E-state index contributed by atoms with van der Waals surface area (Å²) in [5, 5.41) is 0. The fourth-order valence-corrected chi connectivity index (χ4v) is 0.606. The molecule has 0 amide bonds. The summed E-state index contributed by atoms with van der Waals surface area (Å²) in [6.07, 6.45) is 0. The lowest BCUT2D eigenvalue weighted by atomic mass is 10.8. The normalized spacial score (nSPS) is 12.3. The minimum Gasteiger partial charge on any atom is -0.382 e. The highest BCUT2D eigenvalue weighted by molar-refractivity contribution is 7.89. The highest BCUT2D eigenvalue weighted by Crippen LogP contribution is 2.00. The molecule has 0 saturated carbocycles. The van der Waals surface area contributed by atoms with Crippen molar-refractivity contribution in [1.82, 2.24) is 4.89 Å². The number of sulfonamides is 1. The van der Waals surface area contributed by atoms with Gasteiger partial charge in [-0.25, -0.2) is 8.42 Å². The van der Waals surface area contributed by atoms with Gasteiger partial charge >= 0.3 is 5.76 Å². The lowest BCUT2D eigenvalue weighted by Crippen LogP contribution is -2.30. The predicted molar refractivity (Wildman–Crippen MR) is 35.9 cm³/mol. The van der Waals surface area contributed by atoms with E-state index in [2.05, 4.69) is 9.57 Å². The van der Waals surface area contributed by atoms with E-state index in [1.807, 2.05) is 0 Å². The number of hydrogen-bond donors (Lipinski definition) is 1. The van der Waals surface area contributed by atoms with Crippen molar-refractivity contribution >= 4 is 10.0 Å². The fraction of sp³-hybridized carbons (Fsp3) is 1.00. The molecule has 0 aliphatic carbocycles. The molecule has 74 valence electrons. The van der Waals surface area contributed by atoms with Gasteiger partial charge in [-0.2, -0.15) is 8.78 Å². The number of alkyl halides is 2. The molecule has 12 heavy (non-hydrogen) atoms. The van der Waals surface area contributed by atoms with Crippen molar-refractivity contribution in [2.45, 2.75) is 5.76 Å². The first-order valence-corrected chi connectivity index (χ1v) is 4.45. The molecule has 0 spiro atoms. The van der Waals surface area contributed by atoms with Crippen molar-refractivity contribution in [3.05, 3.63) is 0 Å². The number of rotatable bonds is 6. The summed E-state index contributed by atoms with van der Waals surface area (Å²) >= 11 is 0. The van der Waals surface area contributed by atoms with Crippen molar-refractivity contribution in [3.8, 4) is 0 Å². The van der Waals surface area contributed by atoms with Crippen LogP contribution in [0.3, 0.4) is 0 Å². The molecule has 0 fully saturated rings. The summed E-state index contributed by atoms with van der Waals surface area (Å²) in [6, 6.07) is 0. The van der Waals surface area contributed by atoms with Crippen LogP contribution in [-0.2, 0) is 19.6 Å².